The van der Waals surface area contributed by atoms with Crippen molar-refractivity contribution in [1.29, 1.82) is 0 Å². The lowest BCUT2D eigenvalue weighted by atomic mass is 9.92. The van der Waals surface area contributed by atoms with Crippen molar-refractivity contribution < 1.29 is 4.74 Å². The summed E-state index contributed by atoms with van der Waals surface area (Å²) < 4.78 is 5.49. The molecule has 1 atom stereocenters. The molecule has 3 heterocycles. The number of anilines is 1. The van der Waals surface area contributed by atoms with Crippen molar-refractivity contribution in [2.75, 3.05) is 25.1 Å². The number of H-pyrrole nitrogens is 1. The molecular formula is C20H24N4O. The van der Waals surface area contributed by atoms with Crippen molar-refractivity contribution in [3.63, 3.8) is 0 Å². The van der Waals surface area contributed by atoms with Gasteiger partial charge in [-0.05, 0) is 43.0 Å². The summed E-state index contributed by atoms with van der Waals surface area (Å²) >= 11 is 0. The second-order valence-corrected chi connectivity index (χ2v) is 6.65. The highest BCUT2D eigenvalue weighted by molar-refractivity contribution is 5.86. The van der Waals surface area contributed by atoms with Crippen LogP contribution in [0.15, 0.2) is 36.5 Å². The molecule has 1 unspecified atom stereocenters. The highest BCUT2D eigenvalue weighted by atomic mass is 16.5. The van der Waals surface area contributed by atoms with Gasteiger partial charge in [0.25, 0.3) is 0 Å². The van der Waals surface area contributed by atoms with Gasteiger partial charge in [-0.15, -0.1) is 0 Å². The molecule has 0 amide bonds. The van der Waals surface area contributed by atoms with E-state index in [4.69, 9.17) is 9.72 Å². The van der Waals surface area contributed by atoms with Gasteiger partial charge in [-0.1, -0.05) is 19.1 Å². The molecule has 0 radical (unpaired) electrons. The monoisotopic (exact) mass is 336 g/mol. The Morgan fingerprint density at radius 2 is 2.20 bits per heavy atom. The Labute approximate surface area is 148 Å². The average Bonchev–Trinajstić information content (AvgIpc) is 3.16. The van der Waals surface area contributed by atoms with Crippen LogP contribution in [0.2, 0.25) is 0 Å². The van der Waals surface area contributed by atoms with E-state index in [9.17, 15) is 0 Å². The highest BCUT2D eigenvalue weighted by Crippen LogP contribution is 2.32. The Hall–Kier alpha value is -2.56. The lowest BCUT2D eigenvalue weighted by Gasteiger charge is -2.33. The molecule has 1 aliphatic rings. The quantitative estimate of drug-likeness (QED) is 0.785. The van der Waals surface area contributed by atoms with Gasteiger partial charge in [0, 0.05) is 30.1 Å². The SMILES string of the molecule is CCc1cn[nH]c1C1CCCN(c2ccc3cccc(OC)c3n2)C1. The molecule has 5 heteroatoms. The van der Waals surface area contributed by atoms with Crippen LogP contribution in [-0.4, -0.2) is 35.4 Å². The third-order valence-electron chi connectivity index (χ3n) is 5.17. The van der Waals surface area contributed by atoms with Crippen molar-refractivity contribution in [3.8, 4) is 5.75 Å². The Kier molecular flexibility index (Phi) is 4.30. The molecule has 1 N–H and O–H groups in total. The maximum Gasteiger partial charge on any atom is 0.145 e. The summed E-state index contributed by atoms with van der Waals surface area (Å²) in [4.78, 5) is 7.29. The number of benzene rings is 1. The van der Waals surface area contributed by atoms with E-state index in [0.29, 0.717) is 5.92 Å². The number of hydrogen-bond donors (Lipinski definition) is 1. The number of para-hydroxylation sites is 1. The number of rotatable bonds is 4. The van der Waals surface area contributed by atoms with Crippen LogP contribution in [0.5, 0.6) is 5.75 Å². The number of piperidine rings is 1. The van der Waals surface area contributed by atoms with E-state index < -0.39 is 0 Å². The van der Waals surface area contributed by atoms with Gasteiger partial charge in [-0.3, -0.25) is 5.10 Å². The van der Waals surface area contributed by atoms with Crippen LogP contribution in [0.4, 0.5) is 5.82 Å². The number of aryl methyl sites for hydroxylation is 1. The minimum absolute atomic E-state index is 0.487. The van der Waals surface area contributed by atoms with Crippen LogP contribution in [0.1, 0.15) is 36.9 Å². The smallest absolute Gasteiger partial charge is 0.145 e. The molecule has 0 bridgehead atoms. The van der Waals surface area contributed by atoms with Gasteiger partial charge in [-0.2, -0.15) is 5.10 Å². The van der Waals surface area contributed by atoms with Gasteiger partial charge in [0.05, 0.1) is 13.3 Å². The fourth-order valence-corrected chi connectivity index (χ4v) is 3.83. The van der Waals surface area contributed by atoms with Crippen LogP contribution in [0.25, 0.3) is 10.9 Å². The summed E-state index contributed by atoms with van der Waals surface area (Å²) in [6.45, 7) is 4.20. The number of fused-ring (bicyclic) bond motifs is 1. The normalized spacial score (nSPS) is 17.8. The van der Waals surface area contributed by atoms with Gasteiger partial charge in [-0.25, -0.2) is 4.98 Å². The summed E-state index contributed by atoms with van der Waals surface area (Å²) in [6, 6.07) is 10.3. The number of aromatic nitrogens is 3. The summed E-state index contributed by atoms with van der Waals surface area (Å²) in [7, 11) is 1.70. The van der Waals surface area contributed by atoms with Crippen molar-refractivity contribution in [2.24, 2.45) is 0 Å². The zero-order valence-corrected chi connectivity index (χ0v) is 14.8. The number of nitrogens with one attached hydrogen (secondary N) is 1. The Morgan fingerprint density at radius 3 is 3.04 bits per heavy atom. The fraction of sp³-hybridized carbons (Fsp3) is 0.400. The largest absolute Gasteiger partial charge is 0.494 e. The topological polar surface area (TPSA) is 54.0 Å². The molecule has 1 aromatic carbocycles. The van der Waals surface area contributed by atoms with E-state index >= 15 is 0 Å². The van der Waals surface area contributed by atoms with Crippen molar-refractivity contribution in [3.05, 3.63) is 47.8 Å². The van der Waals surface area contributed by atoms with E-state index in [1.807, 2.05) is 18.3 Å². The van der Waals surface area contributed by atoms with Gasteiger partial charge < -0.3 is 9.64 Å². The van der Waals surface area contributed by atoms with E-state index in [2.05, 4.69) is 40.2 Å². The predicted octanol–water partition coefficient (Wildman–Crippen LogP) is 3.91. The molecule has 0 saturated carbocycles. The standard InChI is InChI=1S/C20H24N4O/c1-3-14-12-21-23-19(14)16-7-5-11-24(13-16)18-10-9-15-6-4-8-17(25-2)20(15)22-18/h4,6,8-10,12,16H,3,5,7,11,13H2,1-2H3,(H,21,23). The molecule has 130 valence electrons. The van der Waals surface area contributed by atoms with Gasteiger partial charge in [0.15, 0.2) is 0 Å². The Morgan fingerprint density at radius 1 is 1.28 bits per heavy atom. The minimum atomic E-state index is 0.487. The number of ether oxygens (including phenoxy) is 1. The van der Waals surface area contributed by atoms with E-state index in [1.54, 1.807) is 7.11 Å². The van der Waals surface area contributed by atoms with Crippen LogP contribution in [-0.2, 0) is 6.42 Å². The van der Waals surface area contributed by atoms with E-state index in [-0.39, 0.29) is 0 Å². The van der Waals surface area contributed by atoms with Crippen molar-refractivity contribution in [2.45, 2.75) is 32.1 Å². The highest BCUT2D eigenvalue weighted by Gasteiger charge is 2.25. The maximum absolute atomic E-state index is 5.49. The first-order valence-corrected chi connectivity index (χ1v) is 9.01. The third-order valence-corrected chi connectivity index (χ3v) is 5.17. The number of pyridine rings is 1. The first-order chi connectivity index (χ1) is 12.3. The molecule has 1 aliphatic heterocycles. The second kappa shape index (κ2) is 6.75. The zero-order valence-electron chi connectivity index (χ0n) is 14.8. The molecule has 4 rings (SSSR count). The van der Waals surface area contributed by atoms with Crippen LogP contribution in [0, 0.1) is 0 Å². The minimum Gasteiger partial charge on any atom is -0.494 e. The van der Waals surface area contributed by atoms with Crippen molar-refractivity contribution >= 4 is 16.7 Å². The van der Waals surface area contributed by atoms with Crippen LogP contribution < -0.4 is 9.64 Å². The van der Waals surface area contributed by atoms with Gasteiger partial charge >= 0.3 is 0 Å². The number of hydrogen-bond acceptors (Lipinski definition) is 4. The summed E-state index contributed by atoms with van der Waals surface area (Å²) in [6.07, 6.45) is 5.35. The van der Waals surface area contributed by atoms with E-state index in [0.717, 1.165) is 42.0 Å². The third kappa shape index (κ3) is 2.95. The van der Waals surface area contributed by atoms with E-state index in [1.165, 1.54) is 24.1 Å². The Balaban J connectivity index is 1.64. The molecular weight excluding hydrogens is 312 g/mol. The average molecular weight is 336 g/mol. The lowest BCUT2D eigenvalue weighted by Crippen LogP contribution is -2.35. The number of methoxy groups -OCH3 is 1. The first-order valence-electron chi connectivity index (χ1n) is 9.01. The molecule has 25 heavy (non-hydrogen) atoms. The molecule has 1 fully saturated rings. The molecule has 0 spiro atoms. The van der Waals surface area contributed by atoms with Crippen molar-refractivity contribution in [1.82, 2.24) is 15.2 Å². The lowest BCUT2D eigenvalue weighted by molar-refractivity contribution is 0.419. The summed E-state index contributed by atoms with van der Waals surface area (Å²) in [5.74, 6) is 2.34. The molecule has 3 aromatic rings. The fourth-order valence-electron chi connectivity index (χ4n) is 3.83. The van der Waals surface area contributed by atoms with Gasteiger partial charge in [0.2, 0.25) is 0 Å². The van der Waals surface area contributed by atoms with Gasteiger partial charge in [0.1, 0.15) is 17.1 Å². The predicted molar refractivity (Wildman–Crippen MR) is 100 cm³/mol. The van der Waals surface area contributed by atoms with Crippen LogP contribution in [0.3, 0.4) is 0 Å². The zero-order chi connectivity index (χ0) is 17.2. The summed E-state index contributed by atoms with van der Waals surface area (Å²) in [5, 5.41) is 8.59. The first kappa shape index (κ1) is 15.9. The van der Waals surface area contributed by atoms with Crippen LogP contribution >= 0.6 is 0 Å². The Bertz CT molecular complexity index is 873. The molecule has 1 saturated heterocycles. The number of nitrogens with zero attached hydrogens (tertiary/aromatic N) is 3. The maximum atomic E-state index is 5.49. The molecule has 5 nitrogen and oxygen atoms in total. The number of aromatic amines is 1. The molecule has 2 aromatic heterocycles. The molecule has 0 aliphatic carbocycles. The summed E-state index contributed by atoms with van der Waals surface area (Å²) in [5.41, 5.74) is 3.56. The second-order valence-electron chi connectivity index (χ2n) is 6.65.